The highest BCUT2D eigenvalue weighted by Gasteiger charge is 2.39. The maximum absolute atomic E-state index is 12.6. The van der Waals surface area contributed by atoms with Gasteiger partial charge in [-0.3, -0.25) is 20.1 Å². The normalized spacial score (nSPS) is 21.1. The van der Waals surface area contributed by atoms with Crippen molar-refractivity contribution in [2.24, 2.45) is 16.5 Å². The minimum absolute atomic E-state index is 0.0297. The van der Waals surface area contributed by atoms with E-state index in [-0.39, 0.29) is 43.7 Å². The molecule has 2 aliphatic rings. The number of nitrogens with two attached hydrogens (primary N) is 2. The first kappa shape index (κ1) is 21.8. The number of nitrogens with zero attached hydrogens (tertiary/aromatic N) is 3. The van der Waals surface area contributed by atoms with Gasteiger partial charge in [-0.1, -0.05) is 6.07 Å². The first-order valence-corrected chi connectivity index (χ1v) is 9.61. The molecule has 0 bridgehead atoms. The summed E-state index contributed by atoms with van der Waals surface area (Å²) in [5.74, 6) is 1.37. The van der Waals surface area contributed by atoms with Crippen molar-refractivity contribution in [3.05, 3.63) is 34.9 Å². The fourth-order valence-electron chi connectivity index (χ4n) is 3.43. The number of guanidine groups is 1. The minimum Gasteiger partial charge on any atom is -0.489 e. The van der Waals surface area contributed by atoms with Gasteiger partial charge in [-0.15, -0.1) is 0 Å². The monoisotopic (exact) mass is 450 g/mol. The SMILES string of the molecule is NC(N)=NCCOc1cccc2c1Nc1nc(=O)n([C@H]3CC(OO)[C@@H](COO)O3)cc1O2. The zero-order valence-electron chi connectivity index (χ0n) is 16.7. The van der Waals surface area contributed by atoms with E-state index in [0.29, 0.717) is 17.2 Å². The molecule has 4 rings (SSSR count). The number of anilines is 2. The number of benzene rings is 1. The molecule has 0 spiro atoms. The van der Waals surface area contributed by atoms with Gasteiger partial charge in [0, 0.05) is 6.42 Å². The summed E-state index contributed by atoms with van der Waals surface area (Å²) in [7, 11) is 0. The Hall–Kier alpha value is -3.43. The van der Waals surface area contributed by atoms with E-state index in [0.717, 1.165) is 0 Å². The average Bonchev–Trinajstić information content (AvgIpc) is 3.18. The van der Waals surface area contributed by atoms with Crippen LogP contribution < -0.4 is 31.9 Å². The van der Waals surface area contributed by atoms with Crippen LogP contribution in [0.4, 0.5) is 11.5 Å². The zero-order valence-corrected chi connectivity index (χ0v) is 16.7. The molecule has 2 aliphatic heterocycles. The molecule has 3 atom stereocenters. The Labute approximate surface area is 180 Å². The second kappa shape index (κ2) is 9.37. The number of aliphatic imine (C=N–C) groups is 1. The van der Waals surface area contributed by atoms with E-state index >= 15 is 0 Å². The van der Waals surface area contributed by atoms with Crippen LogP contribution in [0.3, 0.4) is 0 Å². The molecule has 14 heteroatoms. The standard InChI is InChI=1S/C18H22N6O8/c19-17(20)21-4-5-28-9-2-1-3-10-15(9)22-16-12(30-10)7-24(18(25)23-16)14-6-11(32-27)13(31-14)8-29-26/h1-3,7,11,13-14,26-27H,4-6,8H2,(H4,19,20,21)(H,22,23,25)/t11?,13-,14-/m1/s1. The van der Waals surface area contributed by atoms with Crippen molar-refractivity contribution < 1.29 is 34.5 Å². The summed E-state index contributed by atoms with van der Waals surface area (Å²) in [5.41, 5.74) is 10.5. The number of aromatic nitrogens is 2. The Morgan fingerprint density at radius 3 is 2.94 bits per heavy atom. The summed E-state index contributed by atoms with van der Waals surface area (Å²) in [4.78, 5) is 29.0. The quantitative estimate of drug-likeness (QED) is 0.104. The molecule has 1 unspecified atom stereocenters. The number of hydrogen-bond donors (Lipinski definition) is 5. The van der Waals surface area contributed by atoms with Crippen molar-refractivity contribution in [3.63, 3.8) is 0 Å². The third-order valence-electron chi connectivity index (χ3n) is 4.88. The lowest BCUT2D eigenvalue weighted by molar-refractivity contribution is -0.308. The number of rotatable bonds is 8. The van der Waals surface area contributed by atoms with E-state index in [4.69, 9.17) is 36.2 Å². The van der Waals surface area contributed by atoms with Crippen LogP contribution in [0.5, 0.6) is 17.2 Å². The van der Waals surface area contributed by atoms with Gasteiger partial charge in [-0.25, -0.2) is 14.6 Å². The van der Waals surface area contributed by atoms with Gasteiger partial charge < -0.3 is 31.0 Å². The Morgan fingerprint density at radius 1 is 1.34 bits per heavy atom. The van der Waals surface area contributed by atoms with E-state index in [1.165, 1.54) is 10.8 Å². The summed E-state index contributed by atoms with van der Waals surface area (Å²) < 4.78 is 18.5. The van der Waals surface area contributed by atoms with Gasteiger partial charge in [-0.05, 0) is 12.1 Å². The fraction of sp³-hybridized carbons (Fsp3) is 0.389. The lowest BCUT2D eigenvalue weighted by atomic mass is 10.2. The van der Waals surface area contributed by atoms with Crippen molar-refractivity contribution in [1.82, 2.24) is 9.55 Å². The lowest BCUT2D eigenvalue weighted by Crippen LogP contribution is -2.29. The number of hydrogen-bond acceptors (Lipinski definition) is 11. The fourth-order valence-corrected chi connectivity index (χ4v) is 3.43. The Morgan fingerprint density at radius 2 is 2.19 bits per heavy atom. The van der Waals surface area contributed by atoms with Crippen molar-refractivity contribution in [2.45, 2.75) is 24.9 Å². The summed E-state index contributed by atoms with van der Waals surface area (Å²) in [6.45, 7) is 0.255. The topological polar surface area (TPSA) is 198 Å². The molecular weight excluding hydrogens is 428 g/mol. The maximum atomic E-state index is 12.6. The molecular formula is C18H22N6O8. The highest BCUT2D eigenvalue weighted by Crippen LogP contribution is 2.45. The van der Waals surface area contributed by atoms with Crippen LogP contribution >= 0.6 is 0 Å². The van der Waals surface area contributed by atoms with E-state index < -0.39 is 24.1 Å². The van der Waals surface area contributed by atoms with E-state index in [9.17, 15) is 4.79 Å². The molecule has 1 saturated heterocycles. The summed E-state index contributed by atoms with van der Waals surface area (Å²) >= 11 is 0. The summed E-state index contributed by atoms with van der Waals surface area (Å²) in [6.07, 6.45) is -0.825. The van der Waals surface area contributed by atoms with Gasteiger partial charge in [0.1, 0.15) is 43.1 Å². The molecule has 0 amide bonds. The van der Waals surface area contributed by atoms with Crippen LogP contribution in [0.2, 0.25) is 0 Å². The molecule has 1 fully saturated rings. The number of ether oxygens (including phenoxy) is 3. The third kappa shape index (κ3) is 4.44. The minimum atomic E-state index is -0.812. The van der Waals surface area contributed by atoms with Gasteiger partial charge in [-0.2, -0.15) is 4.98 Å². The van der Waals surface area contributed by atoms with Crippen molar-refractivity contribution in [2.75, 3.05) is 25.1 Å². The average molecular weight is 450 g/mol. The predicted molar refractivity (Wildman–Crippen MR) is 109 cm³/mol. The molecule has 172 valence electrons. The number of nitrogens with one attached hydrogen (secondary N) is 1. The van der Waals surface area contributed by atoms with Crippen LogP contribution in [-0.4, -0.2) is 58.0 Å². The van der Waals surface area contributed by atoms with Crippen LogP contribution in [0.15, 0.2) is 34.2 Å². The zero-order chi connectivity index (χ0) is 22.7. The predicted octanol–water partition coefficient (Wildman–Crippen LogP) is 0.380. The van der Waals surface area contributed by atoms with E-state index in [2.05, 4.69) is 25.1 Å². The number of fused-ring (bicyclic) bond motifs is 2. The molecule has 2 aromatic rings. The summed E-state index contributed by atoms with van der Waals surface area (Å²) in [5, 5.41) is 20.8. The smallest absolute Gasteiger partial charge is 0.351 e. The second-order valence-electron chi connectivity index (χ2n) is 6.96. The van der Waals surface area contributed by atoms with Crippen molar-refractivity contribution >= 4 is 17.5 Å². The van der Waals surface area contributed by atoms with E-state index in [1.54, 1.807) is 18.2 Å². The van der Waals surface area contributed by atoms with Crippen molar-refractivity contribution in [1.29, 1.82) is 0 Å². The molecule has 0 saturated carbocycles. The Bertz CT molecular complexity index is 1060. The maximum Gasteiger partial charge on any atom is 0.351 e. The summed E-state index contributed by atoms with van der Waals surface area (Å²) in [6, 6.07) is 5.19. The van der Waals surface area contributed by atoms with Crippen LogP contribution in [0.1, 0.15) is 12.6 Å². The molecule has 32 heavy (non-hydrogen) atoms. The Balaban J connectivity index is 1.54. The number of para-hydroxylation sites is 1. The molecule has 3 heterocycles. The van der Waals surface area contributed by atoms with Gasteiger partial charge in [0.15, 0.2) is 23.3 Å². The Kier molecular flexibility index (Phi) is 6.38. The van der Waals surface area contributed by atoms with Gasteiger partial charge >= 0.3 is 5.69 Å². The molecule has 0 aliphatic carbocycles. The second-order valence-corrected chi connectivity index (χ2v) is 6.96. The van der Waals surface area contributed by atoms with Crippen LogP contribution in [0, 0.1) is 0 Å². The van der Waals surface area contributed by atoms with Gasteiger partial charge in [0.25, 0.3) is 0 Å². The molecule has 1 aromatic carbocycles. The first-order chi connectivity index (χ1) is 15.5. The molecule has 1 aromatic heterocycles. The molecule has 7 N–H and O–H groups in total. The molecule has 0 radical (unpaired) electrons. The first-order valence-electron chi connectivity index (χ1n) is 9.61. The van der Waals surface area contributed by atoms with Crippen molar-refractivity contribution in [3.8, 4) is 17.2 Å². The lowest BCUT2D eigenvalue weighted by Gasteiger charge is -2.24. The molecule has 14 nitrogen and oxygen atoms in total. The van der Waals surface area contributed by atoms with Crippen LogP contribution in [0.25, 0.3) is 0 Å². The highest BCUT2D eigenvalue weighted by molar-refractivity contribution is 5.77. The van der Waals surface area contributed by atoms with Gasteiger partial charge in [0.2, 0.25) is 0 Å². The largest absolute Gasteiger partial charge is 0.489 e. The van der Waals surface area contributed by atoms with Gasteiger partial charge in [0.05, 0.1) is 12.7 Å². The highest BCUT2D eigenvalue weighted by atomic mass is 17.1. The third-order valence-corrected chi connectivity index (χ3v) is 4.88. The van der Waals surface area contributed by atoms with E-state index in [1.807, 2.05) is 0 Å². The van der Waals surface area contributed by atoms with Crippen LogP contribution in [-0.2, 0) is 14.5 Å².